The average Bonchev–Trinajstić information content (AvgIpc) is 2.65. The lowest BCUT2D eigenvalue weighted by molar-refractivity contribution is -0.159. The zero-order valence-electron chi connectivity index (χ0n) is 20.6. The van der Waals surface area contributed by atoms with Crippen LogP contribution in [0, 0.1) is 23.7 Å². The van der Waals surface area contributed by atoms with Crippen molar-refractivity contribution in [1.82, 2.24) is 0 Å². The number of hydrogen-bond acceptors (Lipinski definition) is 6. The van der Waals surface area contributed by atoms with Crippen molar-refractivity contribution in [2.24, 2.45) is 23.7 Å². The summed E-state index contributed by atoms with van der Waals surface area (Å²) in [6, 6.07) is 0. The van der Waals surface area contributed by atoms with E-state index >= 15 is 0 Å². The van der Waals surface area contributed by atoms with E-state index < -0.39 is 55.5 Å². The van der Waals surface area contributed by atoms with Crippen LogP contribution in [0.1, 0.15) is 63.3 Å². The number of fused-ring (bicyclic) bond motifs is 1. The first kappa shape index (κ1) is 20.2. The van der Waals surface area contributed by atoms with Gasteiger partial charge in [0.1, 0.15) is 6.10 Å². The second-order valence-corrected chi connectivity index (χ2v) is 8.53. The Morgan fingerprint density at radius 3 is 2.70 bits per heavy atom. The molecule has 0 unspecified atom stereocenters. The van der Waals surface area contributed by atoms with Gasteiger partial charge in [-0.15, -0.1) is 0 Å². The third-order valence-electron chi connectivity index (χ3n) is 6.12. The van der Waals surface area contributed by atoms with Crippen LogP contribution in [-0.2, 0) is 14.3 Å². The highest BCUT2D eigenvalue weighted by atomic mass is 16.5. The molecule has 0 bridgehead atoms. The van der Waals surface area contributed by atoms with Crippen LogP contribution < -0.4 is 0 Å². The number of esters is 1. The second-order valence-electron chi connectivity index (χ2n) is 8.53. The summed E-state index contributed by atoms with van der Waals surface area (Å²) in [4.78, 5) is 23.4. The van der Waals surface area contributed by atoms with Crippen molar-refractivity contribution in [2.75, 3.05) is 0 Å². The maximum Gasteiger partial charge on any atom is 0.308 e. The Bertz CT molecular complexity index is 749. The molecule has 8 atom stereocenters. The molecule has 7 nitrogen and oxygen atoms in total. The first-order chi connectivity index (χ1) is 15.3. The normalized spacial score (nSPS) is 33.2. The van der Waals surface area contributed by atoms with E-state index in [2.05, 4.69) is 0 Å². The van der Waals surface area contributed by atoms with Gasteiger partial charge in [-0.1, -0.05) is 38.9 Å². The zero-order chi connectivity index (χ0) is 24.9. The highest BCUT2D eigenvalue weighted by Crippen LogP contribution is 2.44. The minimum Gasteiger partial charge on any atom is -0.481 e. The summed E-state index contributed by atoms with van der Waals surface area (Å²) in [6.45, 7) is 1.15. The molecule has 0 spiro atoms. The summed E-state index contributed by atoms with van der Waals surface area (Å²) in [6.07, 6.45) is 2.69. The van der Waals surface area contributed by atoms with Crippen molar-refractivity contribution in [2.45, 2.75) is 83.6 Å². The Morgan fingerprint density at radius 2 is 2.07 bits per heavy atom. The van der Waals surface area contributed by atoms with E-state index in [9.17, 15) is 24.9 Å². The van der Waals surface area contributed by atoms with Gasteiger partial charge in [0.05, 0.1) is 30.7 Å². The molecule has 0 aromatic heterocycles. The SMILES string of the molecule is [2H]C([2H])([2H])[C@@H](CC)C(=O)O[C@H]1C[C@H](O)C=C2C=C[C@H](C)[C@H](CC[C@@H](O)C[C@@H](O)CC(=O)O)[C@H]21. The van der Waals surface area contributed by atoms with Crippen molar-refractivity contribution < 1.29 is 38.9 Å². The molecule has 0 fully saturated rings. The van der Waals surface area contributed by atoms with Gasteiger partial charge in [0.2, 0.25) is 0 Å². The van der Waals surface area contributed by atoms with Gasteiger partial charge in [-0.3, -0.25) is 9.59 Å². The van der Waals surface area contributed by atoms with Crippen LogP contribution in [0.15, 0.2) is 23.8 Å². The predicted octanol–water partition coefficient (Wildman–Crippen LogP) is 2.44. The molecular weight excluding hydrogens is 388 g/mol. The van der Waals surface area contributed by atoms with Crippen molar-refractivity contribution in [3.05, 3.63) is 23.8 Å². The molecule has 0 amide bonds. The van der Waals surface area contributed by atoms with Crippen molar-refractivity contribution in [3.63, 3.8) is 0 Å². The van der Waals surface area contributed by atoms with E-state index in [4.69, 9.17) is 14.0 Å². The summed E-state index contributed by atoms with van der Waals surface area (Å²) in [5.41, 5.74) is 0.817. The van der Waals surface area contributed by atoms with Crippen LogP contribution >= 0.6 is 0 Å². The van der Waals surface area contributed by atoms with Gasteiger partial charge >= 0.3 is 11.9 Å². The third-order valence-corrected chi connectivity index (χ3v) is 6.12. The van der Waals surface area contributed by atoms with Crippen LogP contribution in [0.25, 0.3) is 0 Å². The monoisotopic (exact) mass is 427 g/mol. The highest BCUT2D eigenvalue weighted by Gasteiger charge is 2.42. The number of rotatable bonds is 10. The Hall–Kier alpha value is -1.70. The number of aliphatic carboxylic acids is 1. The summed E-state index contributed by atoms with van der Waals surface area (Å²) >= 11 is 0. The summed E-state index contributed by atoms with van der Waals surface area (Å²) in [5, 5.41) is 39.2. The summed E-state index contributed by atoms with van der Waals surface area (Å²) in [5.74, 6) is -3.41. The quantitative estimate of drug-likeness (QED) is 0.395. The molecule has 7 heteroatoms. The molecule has 0 aromatic carbocycles. The Labute approximate surface area is 182 Å². The molecule has 0 aromatic rings. The number of aliphatic hydroxyl groups is 3. The molecule has 0 radical (unpaired) electrons. The molecule has 0 heterocycles. The van der Waals surface area contributed by atoms with Gasteiger partial charge in [-0.25, -0.2) is 0 Å². The zero-order valence-corrected chi connectivity index (χ0v) is 17.6. The van der Waals surface area contributed by atoms with E-state index in [0.717, 1.165) is 5.57 Å². The number of aliphatic hydroxyl groups excluding tert-OH is 3. The van der Waals surface area contributed by atoms with Gasteiger partial charge in [0.25, 0.3) is 0 Å². The molecule has 0 saturated carbocycles. The predicted molar refractivity (Wildman–Crippen MR) is 111 cm³/mol. The minimum atomic E-state index is -2.47. The van der Waals surface area contributed by atoms with Crippen LogP contribution in [0.3, 0.4) is 0 Å². The van der Waals surface area contributed by atoms with Gasteiger partial charge in [0, 0.05) is 16.5 Å². The average molecular weight is 428 g/mol. The molecule has 30 heavy (non-hydrogen) atoms. The van der Waals surface area contributed by atoms with Crippen molar-refractivity contribution >= 4 is 11.9 Å². The van der Waals surface area contributed by atoms with Gasteiger partial charge in [-0.2, -0.15) is 0 Å². The molecule has 2 aliphatic carbocycles. The number of carbonyl (C=O) groups is 2. The second kappa shape index (κ2) is 11.1. The fourth-order valence-electron chi connectivity index (χ4n) is 4.49. The van der Waals surface area contributed by atoms with E-state index in [1.165, 1.54) is 0 Å². The largest absolute Gasteiger partial charge is 0.481 e. The maximum atomic E-state index is 12.7. The van der Waals surface area contributed by atoms with E-state index in [0.29, 0.717) is 12.8 Å². The number of allylic oxidation sites excluding steroid dienone is 2. The lowest BCUT2D eigenvalue weighted by Gasteiger charge is -2.43. The molecule has 2 aliphatic rings. The van der Waals surface area contributed by atoms with E-state index in [1.807, 2.05) is 19.1 Å². The number of carboxylic acid groups (broad SMARTS) is 1. The molecule has 2 rings (SSSR count). The standard InChI is InChI=1S/C23H36O7/c1-4-13(2)23(29)30-20-11-17(25)9-15-6-5-14(3)19(22(15)20)8-7-16(24)10-18(26)12-21(27)28/h5-6,9,13-14,16-20,22,24-26H,4,7-8,10-12H2,1-3H3,(H,27,28)/t13-,14-,16+,17+,18+,19-,20-,22-/m0/s1/i2D3. The smallest absolute Gasteiger partial charge is 0.308 e. The highest BCUT2D eigenvalue weighted by molar-refractivity contribution is 5.72. The number of hydrogen-bond donors (Lipinski definition) is 4. The Balaban J connectivity index is 2.15. The van der Waals surface area contributed by atoms with Gasteiger partial charge in [-0.05, 0) is 43.1 Å². The van der Waals surface area contributed by atoms with Crippen molar-refractivity contribution in [3.8, 4) is 0 Å². The topological polar surface area (TPSA) is 124 Å². The number of carbonyl (C=O) groups excluding carboxylic acids is 1. The first-order valence-electron chi connectivity index (χ1n) is 12.2. The molecule has 170 valence electrons. The van der Waals surface area contributed by atoms with Crippen LogP contribution in [0.5, 0.6) is 0 Å². The van der Waals surface area contributed by atoms with Gasteiger partial charge < -0.3 is 25.2 Å². The first-order valence-corrected chi connectivity index (χ1v) is 10.7. The summed E-state index contributed by atoms with van der Waals surface area (Å²) < 4.78 is 28.6. The van der Waals surface area contributed by atoms with Crippen LogP contribution in [0.2, 0.25) is 0 Å². The number of ether oxygens (including phenoxy) is 1. The molecule has 0 saturated heterocycles. The minimum absolute atomic E-state index is 0.0503. The third kappa shape index (κ3) is 6.65. The Kier molecular flexibility index (Phi) is 7.46. The Morgan fingerprint density at radius 1 is 1.33 bits per heavy atom. The molecular formula is C23H36O7. The maximum absolute atomic E-state index is 12.7. The van der Waals surface area contributed by atoms with Crippen LogP contribution in [0.4, 0.5) is 0 Å². The van der Waals surface area contributed by atoms with Crippen molar-refractivity contribution in [1.29, 1.82) is 0 Å². The molecule has 0 aliphatic heterocycles. The fourth-order valence-corrected chi connectivity index (χ4v) is 4.49. The number of carboxylic acids is 1. The lowest BCUT2D eigenvalue weighted by atomic mass is 9.66. The lowest BCUT2D eigenvalue weighted by Crippen LogP contribution is -2.43. The van der Waals surface area contributed by atoms with Gasteiger partial charge in [0.15, 0.2) is 0 Å². The fraction of sp³-hybridized carbons (Fsp3) is 0.739. The van der Waals surface area contributed by atoms with Crippen LogP contribution in [-0.4, -0.2) is 56.8 Å². The molecule has 4 N–H and O–H groups in total. The van der Waals surface area contributed by atoms with E-state index in [1.54, 1.807) is 13.0 Å². The summed E-state index contributed by atoms with van der Waals surface area (Å²) in [7, 11) is 0. The van der Waals surface area contributed by atoms with E-state index in [-0.39, 0.29) is 37.0 Å².